The van der Waals surface area contributed by atoms with E-state index in [1.165, 1.54) is 0 Å². The normalized spacial score (nSPS) is 18.6. The number of nitrogens with one attached hydrogen (secondary N) is 2. The van der Waals surface area contributed by atoms with Crippen LogP contribution >= 0.6 is 0 Å². The number of benzene rings is 1. The number of nitrogens with two attached hydrogens (primary N) is 1. The smallest absolute Gasteiger partial charge is 0.278 e. The molecule has 19 heavy (non-hydrogen) atoms. The van der Waals surface area contributed by atoms with Gasteiger partial charge >= 0.3 is 0 Å². The van der Waals surface area contributed by atoms with Crippen LogP contribution < -0.4 is 20.7 Å². The maximum absolute atomic E-state index is 11.9. The Morgan fingerprint density at radius 3 is 3.05 bits per heavy atom. The van der Waals surface area contributed by atoms with Crippen molar-refractivity contribution in [2.45, 2.75) is 12.5 Å². The Bertz CT molecular complexity index is 476. The lowest BCUT2D eigenvalue weighted by molar-refractivity contribution is -0.678. The van der Waals surface area contributed by atoms with Crippen LogP contribution in [0.4, 0.5) is 5.69 Å². The summed E-state index contributed by atoms with van der Waals surface area (Å²) in [5.41, 5.74) is 0.617. The van der Waals surface area contributed by atoms with E-state index in [1.807, 2.05) is 17.4 Å². The molecular formula is C13H18N3O3+. The summed E-state index contributed by atoms with van der Waals surface area (Å²) in [6.45, 7) is 1.46. The molecule has 1 atom stereocenters. The Labute approximate surface area is 111 Å². The molecule has 0 unspecified atom stereocenters. The summed E-state index contributed by atoms with van der Waals surface area (Å²) in [7, 11) is 1.55. The number of carbonyl (C=O) groups excluding carboxylic acids is 2. The van der Waals surface area contributed by atoms with E-state index in [0.717, 1.165) is 6.54 Å². The lowest BCUT2D eigenvalue weighted by Gasteiger charge is -2.20. The first kappa shape index (κ1) is 13.4. The lowest BCUT2D eigenvalue weighted by Crippen LogP contribution is -2.96. The number of amides is 2. The fourth-order valence-corrected chi connectivity index (χ4v) is 2.04. The van der Waals surface area contributed by atoms with Crippen molar-refractivity contribution in [1.82, 2.24) is 5.32 Å². The van der Waals surface area contributed by atoms with Gasteiger partial charge in [0, 0.05) is 0 Å². The zero-order valence-electron chi connectivity index (χ0n) is 10.8. The quantitative estimate of drug-likeness (QED) is 0.658. The van der Waals surface area contributed by atoms with Crippen molar-refractivity contribution < 1.29 is 19.6 Å². The van der Waals surface area contributed by atoms with Gasteiger partial charge in [0.25, 0.3) is 5.91 Å². The number of piperazine rings is 1. The first-order valence-corrected chi connectivity index (χ1v) is 6.24. The molecule has 6 nitrogen and oxygen atoms in total. The number of ether oxygens (including phenoxy) is 1. The first-order chi connectivity index (χ1) is 9.20. The van der Waals surface area contributed by atoms with Crippen LogP contribution in [0.15, 0.2) is 24.3 Å². The molecule has 0 aromatic heterocycles. The highest BCUT2D eigenvalue weighted by atomic mass is 16.5. The standard InChI is InChI=1S/C13H17N3O3/c1-19-11-5-3-2-4-9(11)16-12(17)8-10-13(18)15-7-6-14-10/h2-5,10,14H,6-8H2,1H3,(H,15,18)(H,16,17)/p+1/t10-/m1/s1. The predicted octanol–water partition coefficient (Wildman–Crippen LogP) is -0.914. The maximum atomic E-state index is 11.9. The van der Waals surface area contributed by atoms with Gasteiger partial charge in [-0.25, -0.2) is 0 Å². The van der Waals surface area contributed by atoms with E-state index in [-0.39, 0.29) is 24.3 Å². The molecule has 0 saturated carbocycles. The number of methoxy groups -OCH3 is 1. The Morgan fingerprint density at radius 2 is 2.32 bits per heavy atom. The Balaban J connectivity index is 1.95. The molecule has 2 rings (SSSR count). The number of hydrogen-bond acceptors (Lipinski definition) is 3. The van der Waals surface area contributed by atoms with Gasteiger partial charge in [-0.2, -0.15) is 0 Å². The third-order valence-electron chi connectivity index (χ3n) is 3.02. The molecule has 1 heterocycles. The fourth-order valence-electron chi connectivity index (χ4n) is 2.04. The average molecular weight is 264 g/mol. The van der Waals surface area contributed by atoms with Gasteiger partial charge in [0.15, 0.2) is 6.04 Å². The summed E-state index contributed by atoms with van der Waals surface area (Å²) in [5.74, 6) is 0.331. The number of para-hydroxylation sites is 2. The van der Waals surface area contributed by atoms with E-state index in [4.69, 9.17) is 4.74 Å². The minimum atomic E-state index is -0.344. The predicted molar refractivity (Wildman–Crippen MR) is 69.8 cm³/mol. The van der Waals surface area contributed by atoms with E-state index >= 15 is 0 Å². The van der Waals surface area contributed by atoms with Gasteiger partial charge in [-0.15, -0.1) is 0 Å². The molecule has 1 aromatic rings. The minimum absolute atomic E-state index is 0.0820. The van der Waals surface area contributed by atoms with Crippen LogP contribution in [0.25, 0.3) is 0 Å². The first-order valence-electron chi connectivity index (χ1n) is 6.24. The zero-order valence-corrected chi connectivity index (χ0v) is 10.8. The second kappa shape index (κ2) is 6.19. The van der Waals surface area contributed by atoms with Gasteiger partial charge in [0.05, 0.1) is 32.3 Å². The van der Waals surface area contributed by atoms with E-state index in [2.05, 4.69) is 10.6 Å². The lowest BCUT2D eigenvalue weighted by atomic mass is 10.1. The summed E-state index contributed by atoms with van der Waals surface area (Å²) in [4.78, 5) is 23.5. The molecule has 0 radical (unpaired) electrons. The van der Waals surface area contributed by atoms with Crippen LogP contribution in [-0.4, -0.2) is 38.1 Å². The largest absolute Gasteiger partial charge is 0.495 e. The maximum Gasteiger partial charge on any atom is 0.278 e. The molecule has 1 fully saturated rings. The molecule has 1 aliphatic heterocycles. The molecule has 1 aromatic carbocycles. The number of quaternary nitrogens is 1. The Hall–Kier alpha value is -2.08. The van der Waals surface area contributed by atoms with Crippen molar-refractivity contribution in [2.24, 2.45) is 0 Å². The highest BCUT2D eigenvalue weighted by Crippen LogP contribution is 2.23. The van der Waals surface area contributed by atoms with Gasteiger partial charge in [-0.05, 0) is 12.1 Å². The number of hydrogen-bond donors (Lipinski definition) is 3. The van der Waals surface area contributed by atoms with Gasteiger partial charge in [-0.3, -0.25) is 9.59 Å². The summed E-state index contributed by atoms with van der Waals surface area (Å²) >= 11 is 0. The second-order valence-electron chi connectivity index (χ2n) is 4.37. The van der Waals surface area contributed by atoms with E-state index in [1.54, 1.807) is 19.2 Å². The van der Waals surface area contributed by atoms with E-state index in [9.17, 15) is 9.59 Å². The number of rotatable bonds is 4. The molecule has 0 aliphatic carbocycles. The molecule has 4 N–H and O–H groups in total. The molecule has 0 bridgehead atoms. The fraction of sp³-hybridized carbons (Fsp3) is 0.385. The van der Waals surface area contributed by atoms with Crippen LogP contribution in [0.2, 0.25) is 0 Å². The van der Waals surface area contributed by atoms with Crippen molar-refractivity contribution >= 4 is 17.5 Å². The van der Waals surface area contributed by atoms with Gasteiger partial charge in [0.1, 0.15) is 5.75 Å². The minimum Gasteiger partial charge on any atom is -0.495 e. The molecule has 1 saturated heterocycles. The third kappa shape index (κ3) is 3.45. The molecule has 0 spiro atoms. The summed E-state index contributed by atoms with van der Waals surface area (Å²) in [6, 6.07) is 6.84. The van der Waals surface area contributed by atoms with E-state index < -0.39 is 0 Å². The van der Waals surface area contributed by atoms with Gasteiger partial charge in [-0.1, -0.05) is 12.1 Å². The van der Waals surface area contributed by atoms with Crippen molar-refractivity contribution in [3.05, 3.63) is 24.3 Å². The molecule has 2 amide bonds. The number of anilines is 1. The highest BCUT2D eigenvalue weighted by Gasteiger charge is 2.28. The number of carbonyl (C=O) groups is 2. The molecule has 6 heteroatoms. The van der Waals surface area contributed by atoms with Crippen LogP contribution in [0.1, 0.15) is 6.42 Å². The second-order valence-corrected chi connectivity index (χ2v) is 4.37. The van der Waals surface area contributed by atoms with E-state index in [0.29, 0.717) is 18.0 Å². The third-order valence-corrected chi connectivity index (χ3v) is 3.02. The van der Waals surface area contributed by atoms with Crippen LogP contribution in [-0.2, 0) is 9.59 Å². The SMILES string of the molecule is COc1ccccc1NC(=O)C[C@H]1[NH2+]CCNC1=O. The van der Waals surface area contributed by atoms with Crippen LogP contribution in [0.5, 0.6) is 5.75 Å². The van der Waals surface area contributed by atoms with Crippen molar-refractivity contribution in [3.8, 4) is 5.75 Å². The highest BCUT2D eigenvalue weighted by molar-refractivity contribution is 5.95. The van der Waals surface area contributed by atoms with Gasteiger partial charge < -0.3 is 20.7 Å². The summed E-state index contributed by atoms with van der Waals surface area (Å²) in [5, 5.41) is 7.40. The van der Waals surface area contributed by atoms with Crippen molar-refractivity contribution in [3.63, 3.8) is 0 Å². The topological polar surface area (TPSA) is 84.0 Å². The van der Waals surface area contributed by atoms with Gasteiger partial charge in [0.2, 0.25) is 5.91 Å². The molecule has 1 aliphatic rings. The Morgan fingerprint density at radius 1 is 1.53 bits per heavy atom. The van der Waals surface area contributed by atoms with Crippen LogP contribution in [0, 0.1) is 0 Å². The summed E-state index contributed by atoms with van der Waals surface area (Å²) in [6.07, 6.45) is 0.157. The van der Waals surface area contributed by atoms with Crippen LogP contribution in [0.3, 0.4) is 0 Å². The Kier molecular flexibility index (Phi) is 4.35. The summed E-state index contributed by atoms with van der Waals surface area (Å²) < 4.78 is 5.16. The average Bonchev–Trinajstić information content (AvgIpc) is 2.42. The zero-order chi connectivity index (χ0) is 13.7. The monoisotopic (exact) mass is 264 g/mol. The molecular weight excluding hydrogens is 246 g/mol. The molecule has 102 valence electrons. The van der Waals surface area contributed by atoms with Crippen molar-refractivity contribution in [1.29, 1.82) is 0 Å². The van der Waals surface area contributed by atoms with Crippen molar-refractivity contribution in [2.75, 3.05) is 25.5 Å².